The summed E-state index contributed by atoms with van der Waals surface area (Å²) in [5, 5.41) is 28.9. The SMILES string of the molecule is Nc1[nH]c(=S)nc2c1ncn2[C@@H]1O[C@H](CO)C(O)C1O.O. The van der Waals surface area contributed by atoms with Crippen molar-refractivity contribution in [1.82, 2.24) is 19.5 Å². The van der Waals surface area contributed by atoms with E-state index in [-0.39, 0.29) is 16.1 Å². The van der Waals surface area contributed by atoms with Crippen molar-refractivity contribution in [2.45, 2.75) is 24.5 Å². The Balaban J connectivity index is 0.00000161. The number of fused-ring (bicyclic) bond motifs is 1. The molecule has 3 rings (SSSR count). The molecular formula is C10H15N5O5S. The summed E-state index contributed by atoms with van der Waals surface area (Å²) in [6.07, 6.45) is -2.82. The van der Waals surface area contributed by atoms with E-state index in [0.29, 0.717) is 11.2 Å². The number of ether oxygens (including phenoxy) is 1. The Hall–Kier alpha value is -1.63. The Morgan fingerprint density at radius 1 is 1.43 bits per heavy atom. The number of nitrogen functional groups attached to an aromatic ring is 1. The van der Waals surface area contributed by atoms with Gasteiger partial charge in [-0.3, -0.25) is 4.57 Å². The lowest BCUT2D eigenvalue weighted by atomic mass is 10.1. The van der Waals surface area contributed by atoms with Crippen LogP contribution in [0.1, 0.15) is 6.23 Å². The molecular weight excluding hydrogens is 302 g/mol. The molecule has 0 saturated carbocycles. The average Bonchev–Trinajstić information content (AvgIpc) is 2.93. The van der Waals surface area contributed by atoms with Crippen LogP contribution in [0.4, 0.5) is 5.82 Å². The summed E-state index contributed by atoms with van der Waals surface area (Å²) in [5.74, 6) is 0.255. The van der Waals surface area contributed by atoms with Gasteiger partial charge < -0.3 is 36.3 Å². The van der Waals surface area contributed by atoms with Crippen LogP contribution in [0, 0.1) is 4.77 Å². The first-order valence-corrected chi connectivity index (χ1v) is 6.28. The lowest BCUT2D eigenvalue weighted by molar-refractivity contribution is -0.0511. The topological polar surface area (TPSA) is 174 Å². The van der Waals surface area contributed by atoms with Crippen LogP contribution in [0.25, 0.3) is 11.2 Å². The molecule has 2 aromatic heterocycles. The molecule has 0 bridgehead atoms. The molecule has 1 saturated heterocycles. The average molecular weight is 317 g/mol. The number of aliphatic hydroxyl groups excluding tert-OH is 3. The fourth-order valence-electron chi connectivity index (χ4n) is 2.25. The van der Waals surface area contributed by atoms with Crippen LogP contribution in [-0.4, -0.2) is 65.2 Å². The molecule has 10 nitrogen and oxygen atoms in total. The van der Waals surface area contributed by atoms with Gasteiger partial charge >= 0.3 is 0 Å². The number of nitrogens with two attached hydrogens (primary N) is 1. The molecule has 8 N–H and O–H groups in total. The molecule has 0 spiro atoms. The van der Waals surface area contributed by atoms with Crippen LogP contribution in [-0.2, 0) is 4.74 Å². The molecule has 0 aliphatic carbocycles. The Morgan fingerprint density at radius 2 is 2.14 bits per heavy atom. The van der Waals surface area contributed by atoms with Crippen molar-refractivity contribution in [3.8, 4) is 0 Å². The van der Waals surface area contributed by atoms with Crippen molar-refractivity contribution in [3.63, 3.8) is 0 Å². The summed E-state index contributed by atoms with van der Waals surface area (Å²) in [7, 11) is 0. The van der Waals surface area contributed by atoms with E-state index in [2.05, 4.69) is 15.0 Å². The second-order valence-corrected chi connectivity index (χ2v) is 4.90. The fraction of sp³-hybridized carbons (Fsp3) is 0.500. The van der Waals surface area contributed by atoms with Crippen LogP contribution in [0.5, 0.6) is 0 Å². The first-order valence-electron chi connectivity index (χ1n) is 5.87. The number of imidazole rings is 1. The highest BCUT2D eigenvalue weighted by atomic mass is 32.1. The quantitative estimate of drug-likeness (QED) is 0.390. The Kier molecular flexibility index (Phi) is 4.22. The van der Waals surface area contributed by atoms with E-state index in [0.717, 1.165) is 0 Å². The molecule has 21 heavy (non-hydrogen) atoms. The fourth-order valence-corrected chi connectivity index (χ4v) is 2.45. The zero-order chi connectivity index (χ0) is 14.4. The summed E-state index contributed by atoms with van der Waals surface area (Å²) in [6.45, 7) is -0.406. The van der Waals surface area contributed by atoms with Gasteiger partial charge in [-0.05, 0) is 12.2 Å². The van der Waals surface area contributed by atoms with Gasteiger partial charge in [0.2, 0.25) is 0 Å². The number of hydrogen-bond donors (Lipinski definition) is 5. The van der Waals surface area contributed by atoms with Gasteiger partial charge in [0, 0.05) is 0 Å². The normalized spacial score (nSPS) is 28.7. The maximum atomic E-state index is 10.0. The molecule has 1 aliphatic heterocycles. The van der Waals surface area contributed by atoms with Crippen molar-refractivity contribution in [2.75, 3.05) is 12.3 Å². The zero-order valence-corrected chi connectivity index (χ0v) is 11.5. The van der Waals surface area contributed by atoms with E-state index in [1.54, 1.807) is 0 Å². The number of H-pyrrole nitrogens is 1. The maximum Gasteiger partial charge on any atom is 0.200 e. The molecule has 2 unspecified atom stereocenters. The minimum Gasteiger partial charge on any atom is -0.412 e. The second kappa shape index (κ2) is 5.63. The lowest BCUT2D eigenvalue weighted by Gasteiger charge is -2.16. The number of aromatic nitrogens is 4. The molecule has 11 heteroatoms. The third-order valence-electron chi connectivity index (χ3n) is 3.26. The van der Waals surface area contributed by atoms with Crippen LogP contribution < -0.4 is 5.73 Å². The minimum atomic E-state index is -1.22. The van der Waals surface area contributed by atoms with E-state index in [4.69, 9.17) is 27.8 Å². The van der Waals surface area contributed by atoms with E-state index in [1.807, 2.05) is 0 Å². The molecule has 3 heterocycles. The number of nitrogens with one attached hydrogen (secondary N) is 1. The van der Waals surface area contributed by atoms with Gasteiger partial charge in [0.25, 0.3) is 0 Å². The molecule has 0 amide bonds. The van der Waals surface area contributed by atoms with Gasteiger partial charge in [0.15, 0.2) is 16.6 Å². The highest BCUT2D eigenvalue weighted by Crippen LogP contribution is 2.31. The van der Waals surface area contributed by atoms with Crippen LogP contribution in [0.15, 0.2) is 6.33 Å². The molecule has 0 aromatic carbocycles. The predicted molar refractivity (Wildman–Crippen MR) is 73.7 cm³/mol. The summed E-state index contributed by atoms with van der Waals surface area (Å²) in [6, 6.07) is 0. The minimum absolute atomic E-state index is 0. The monoisotopic (exact) mass is 317 g/mol. The third kappa shape index (κ3) is 2.39. The number of aromatic amines is 1. The summed E-state index contributed by atoms with van der Waals surface area (Å²) >= 11 is 4.95. The molecule has 2 aromatic rings. The number of rotatable bonds is 2. The Bertz CT molecular complexity index is 703. The molecule has 0 radical (unpaired) electrons. The predicted octanol–water partition coefficient (Wildman–Crippen LogP) is -2.14. The highest BCUT2D eigenvalue weighted by molar-refractivity contribution is 7.71. The Labute approximate surface area is 123 Å². The number of hydrogen-bond acceptors (Lipinski definition) is 8. The van der Waals surface area contributed by atoms with E-state index >= 15 is 0 Å². The molecule has 4 atom stereocenters. The van der Waals surface area contributed by atoms with E-state index < -0.39 is 31.1 Å². The number of anilines is 1. The van der Waals surface area contributed by atoms with Gasteiger partial charge in [-0.2, -0.15) is 4.98 Å². The zero-order valence-electron chi connectivity index (χ0n) is 10.7. The highest BCUT2D eigenvalue weighted by Gasteiger charge is 2.43. The number of aliphatic hydroxyl groups is 3. The van der Waals surface area contributed by atoms with Gasteiger partial charge in [-0.15, -0.1) is 0 Å². The van der Waals surface area contributed by atoms with Crippen molar-refractivity contribution in [1.29, 1.82) is 0 Å². The maximum absolute atomic E-state index is 10.0. The van der Waals surface area contributed by atoms with Gasteiger partial charge in [-0.25, -0.2) is 4.98 Å². The third-order valence-corrected chi connectivity index (χ3v) is 3.46. The molecule has 116 valence electrons. The number of nitrogens with zero attached hydrogens (tertiary/aromatic N) is 3. The molecule has 1 aliphatic rings. The van der Waals surface area contributed by atoms with Crippen molar-refractivity contribution >= 4 is 29.2 Å². The summed E-state index contributed by atoms with van der Waals surface area (Å²) in [5.41, 5.74) is 6.47. The summed E-state index contributed by atoms with van der Waals surface area (Å²) in [4.78, 5) is 10.8. The van der Waals surface area contributed by atoms with Gasteiger partial charge in [0.1, 0.15) is 29.6 Å². The smallest absolute Gasteiger partial charge is 0.200 e. The van der Waals surface area contributed by atoms with Crippen LogP contribution in [0.2, 0.25) is 0 Å². The van der Waals surface area contributed by atoms with E-state index in [9.17, 15) is 10.2 Å². The van der Waals surface area contributed by atoms with Crippen molar-refractivity contribution < 1.29 is 25.5 Å². The van der Waals surface area contributed by atoms with Crippen molar-refractivity contribution in [2.24, 2.45) is 0 Å². The van der Waals surface area contributed by atoms with Crippen molar-refractivity contribution in [3.05, 3.63) is 11.1 Å². The van der Waals surface area contributed by atoms with Crippen LogP contribution in [0.3, 0.4) is 0 Å². The second-order valence-electron chi connectivity index (χ2n) is 4.51. The lowest BCUT2D eigenvalue weighted by Crippen LogP contribution is -2.33. The standard InChI is InChI=1S/C10H13N5O4S.H2O/c11-7-4-8(14-10(20)13-7)15(2-12-4)9-6(18)5(17)3(1-16)19-9;/h2-3,5-6,9,16-18H,1H2,(H3,11,13,14,20);1H2/t3-,5?,6?,9-;/m1./s1. The summed E-state index contributed by atoms with van der Waals surface area (Å²) < 4.78 is 7.01. The first-order chi connectivity index (χ1) is 9.52. The first kappa shape index (κ1) is 15.8. The van der Waals surface area contributed by atoms with Gasteiger partial charge in [0.05, 0.1) is 12.9 Å². The van der Waals surface area contributed by atoms with Crippen LogP contribution >= 0.6 is 12.2 Å². The Morgan fingerprint density at radius 3 is 2.76 bits per heavy atom. The van der Waals surface area contributed by atoms with E-state index in [1.165, 1.54) is 10.9 Å². The largest absolute Gasteiger partial charge is 0.412 e. The van der Waals surface area contributed by atoms with Gasteiger partial charge in [-0.1, -0.05) is 0 Å². The molecule has 1 fully saturated rings.